The molecule has 0 fully saturated rings. The molecule has 1 heterocycles. The predicted molar refractivity (Wildman–Crippen MR) is 128 cm³/mol. The van der Waals surface area contributed by atoms with Crippen LogP contribution in [0.1, 0.15) is 36.1 Å². The zero-order valence-electron chi connectivity index (χ0n) is 18.4. The standard InChI is InChI=1S/C25H27N3O4S/c1-2-28-16-26-13-17(28)15-33-12-11-23(24(29)30)27-25(31)32-14-22-20-9-5-3-7-18(20)19-8-4-6-10-21(19)22/h3-10,13,16,22-23H,2,11-12,14-15H2,1H3,(H,27,31)(H,29,30). The summed E-state index contributed by atoms with van der Waals surface area (Å²) in [6.45, 7) is 3.05. The molecule has 3 aromatic rings. The molecule has 7 nitrogen and oxygen atoms in total. The molecule has 8 heteroatoms. The summed E-state index contributed by atoms with van der Waals surface area (Å²) in [6, 6.07) is 15.2. The average molecular weight is 466 g/mol. The number of benzene rings is 2. The third-order valence-electron chi connectivity index (χ3n) is 5.87. The lowest BCUT2D eigenvalue weighted by molar-refractivity contribution is -0.139. The van der Waals surface area contributed by atoms with Gasteiger partial charge in [-0.1, -0.05) is 48.5 Å². The van der Waals surface area contributed by atoms with Gasteiger partial charge in [0.1, 0.15) is 12.6 Å². The number of amides is 1. The quantitative estimate of drug-likeness (QED) is 0.428. The summed E-state index contributed by atoms with van der Waals surface area (Å²) in [5.41, 5.74) is 5.62. The Kier molecular flexibility index (Phi) is 7.34. The van der Waals surface area contributed by atoms with E-state index in [-0.39, 0.29) is 12.5 Å². The summed E-state index contributed by atoms with van der Waals surface area (Å²) in [7, 11) is 0. The third-order valence-corrected chi connectivity index (χ3v) is 6.90. The summed E-state index contributed by atoms with van der Waals surface area (Å²) in [5, 5.41) is 12.0. The largest absolute Gasteiger partial charge is 0.480 e. The van der Waals surface area contributed by atoms with E-state index in [4.69, 9.17) is 4.74 Å². The zero-order chi connectivity index (χ0) is 23.2. The van der Waals surface area contributed by atoms with Crippen LogP contribution in [-0.4, -0.2) is 45.1 Å². The van der Waals surface area contributed by atoms with Crippen LogP contribution < -0.4 is 5.32 Å². The Morgan fingerprint density at radius 1 is 1.15 bits per heavy atom. The van der Waals surface area contributed by atoms with Gasteiger partial charge in [-0.05, 0) is 41.4 Å². The normalized spacial score (nSPS) is 13.2. The average Bonchev–Trinajstić information content (AvgIpc) is 3.41. The summed E-state index contributed by atoms with van der Waals surface area (Å²) in [4.78, 5) is 28.2. The van der Waals surface area contributed by atoms with Crippen LogP contribution in [-0.2, 0) is 21.8 Å². The van der Waals surface area contributed by atoms with E-state index in [9.17, 15) is 14.7 Å². The Hall–Kier alpha value is -3.26. The molecule has 0 saturated heterocycles. The number of hydrogen-bond acceptors (Lipinski definition) is 5. The van der Waals surface area contributed by atoms with Gasteiger partial charge in [0.05, 0.1) is 6.33 Å². The number of thioether (sulfide) groups is 1. The molecule has 1 amide bonds. The van der Waals surface area contributed by atoms with E-state index in [1.54, 1.807) is 18.1 Å². The van der Waals surface area contributed by atoms with Crippen molar-refractivity contribution >= 4 is 23.8 Å². The number of aromatic nitrogens is 2. The smallest absolute Gasteiger partial charge is 0.407 e. The predicted octanol–water partition coefficient (Wildman–Crippen LogP) is 4.52. The van der Waals surface area contributed by atoms with Gasteiger partial charge in [-0.15, -0.1) is 0 Å². The summed E-state index contributed by atoms with van der Waals surface area (Å²) in [6.07, 6.45) is 3.21. The zero-order valence-corrected chi connectivity index (χ0v) is 19.3. The van der Waals surface area contributed by atoms with Gasteiger partial charge in [0.2, 0.25) is 0 Å². The van der Waals surface area contributed by atoms with Crippen LogP contribution in [0, 0.1) is 0 Å². The van der Waals surface area contributed by atoms with E-state index in [1.165, 1.54) is 0 Å². The number of aryl methyl sites for hydroxylation is 1. The first-order valence-corrected chi connectivity index (χ1v) is 12.1. The monoisotopic (exact) mass is 465 g/mol. The molecule has 1 aliphatic carbocycles. The second-order valence-corrected chi connectivity index (χ2v) is 8.98. The molecule has 0 bridgehead atoms. The van der Waals surface area contributed by atoms with Crippen LogP contribution in [0.25, 0.3) is 11.1 Å². The molecule has 1 unspecified atom stereocenters. The van der Waals surface area contributed by atoms with Crippen LogP contribution in [0.3, 0.4) is 0 Å². The van der Waals surface area contributed by atoms with Crippen LogP contribution in [0.2, 0.25) is 0 Å². The Bertz CT molecular complexity index is 1080. The molecule has 1 aromatic heterocycles. The summed E-state index contributed by atoms with van der Waals surface area (Å²) in [5.74, 6) is 0.203. The van der Waals surface area contributed by atoms with Gasteiger partial charge in [-0.25, -0.2) is 14.6 Å². The number of alkyl carbamates (subject to hydrolysis) is 1. The number of ether oxygens (including phenoxy) is 1. The van der Waals surface area contributed by atoms with Gasteiger partial charge in [0.25, 0.3) is 0 Å². The molecule has 4 rings (SSSR count). The van der Waals surface area contributed by atoms with Crippen molar-refractivity contribution in [1.29, 1.82) is 0 Å². The second kappa shape index (κ2) is 10.6. The van der Waals surface area contributed by atoms with E-state index < -0.39 is 18.1 Å². The lowest BCUT2D eigenvalue weighted by Crippen LogP contribution is -2.41. The van der Waals surface area contributed by atoms with E-state index in [2.05, 4.69) is 33.9 Å². The third kappa shape index (κ3) is 5.22. The Labute approximate surface area is 197 Å². The minimum Gasteiger partial charge on any atom is -0.480 e. The Morgan fingerprint density at radius 3 is 2.45 bits per heavy atom. The molecule has 1 aliphatic rings. The lowest BCUT2D eigenvalue weighted by atomic mass is 9.98. The second-order valence-electron chi connectivity index (χ2n) is 7.87. The number of aliphatic carboxylic acids is 1. The lowest BCUT2D eigenvalue weighted by Gasteiger charge is -2.17. The van der Waals surface area contributed by atoms with E-state index in [0.717, 1.165) is 40.2 Å². The number of carboxylic acids is 1. The molecule has 172 valence electrons. The molecule has 2 aromatic carbocycles. The highest BCUT2D eigenvalue weighted by molar-refractivity contribution is 7.98. The number of carbonyl (C=O) groups is 2. The maximum absolute atomic E-state index is 12.4. The number of nitrogens with zero attached hydrogens (tertiary/aromatic N) is 2. The number of fused-ring (bicyclic) bond motifs is 3. The molecule has 0 spiro atoms. The van der Waals surface area contributed by atoms with Crippen LogP contribution in [0.5, 0.6) is 0 Å². The van der Waals surface area contributed by atoms with Crippen molar-refractivity contribution in [2.24, 2.45) is 0 Å². The molecule has 33 heavy (non-hydrogen) atoms. The highest BCUT2D eigenvalue weighted by atomic mass is 32.2. The van der Waals surface area contributed by atoms with Crippen molar-refractivity contribution in [2.45, 2.75) is 37.6 Å². The van der Waals surface area contributed by atoms with E-state index >= 15 is 0 Å². The van der Waals surface area contributed by atoms with Gasteiger partial charge in [-0.2, -0.15) is 11.8 Å². The fraction of sp³-hybridized carbons (Fsp3) is 0.320. The van der Waals surface area contributed by atoms with Gasteiger partial charge in [0.15, 0.2) is 0 Å². The number of carbonyl (C=O) groups excluding carboxylic acids is 1. The summed E-state index contributed by atoms with van der Waals surface area (Å²) < 4.78 is 7.54. The van der Waals surface area contributed by atoms with Gasteiger partial charge < -0.3 is 19.7 Å². The first kappa shape index (κ1) is 22.9. The molecular weight excluding hydrogens is 438 g/mol. The van der Waals surface area contributed by atoms with Gasteiger partial charge in [0, 0.05) is 30.1 Å². The Balaban J connectivity index is 1.29. The van der Waals surface area contributed by atoms with Crippen LogP contribution in [0.4, 0.5) is 4.79 Å². The van der Waals surface area contributed by atoms with Crippen molar-refractivity contribution in [2.75, 3.05) is 12.4 Å². The number of hydrogen-bond donors (Lipinski definition) is 2. The maximum atomic E-state index is 12.4. The van der Waals surface area contributed by atoms with Gasteiger partial charge >= 0.3 is 12.1 Å². The van der Waals surface area contributed by atoms with Crippen molar-refractivity contribution in [3.05, 3.63) is 77.9 Å². The highest BCUT2D eigenvalue weighted by Crippen LogP contribution is 2.44. The molecule has 0 aliphatic heterocycles. The van der Waals surface area contributed by atoms with Gasteiger partial charge in [-0.3, -0.25) is 0 Å². The molecule has 0 radical (unpaired) electrons. The first-order valence-electron chi connectivity index (χ1n) is 11.0. The van der Waals surface area contributed by atoms with Crippen molar-refractivity contribution in [3.8, 4) is 11.1 Å². The minimum absolute atomic E-state index is 0.0644. The number of carboxylic acid groups (broad SMARTS) is 1. The first-order chi connectivity index (χ1) is 16.1. The maximum Gasteiger partial charge on any atom is 0.407 e. The van der Waals surface area contributed by atoms with E-state index in [1.807, 2.05) is 42.6 Å². The fourth-order valence-corrected chi connectivity index (χ4v) is 5.17. The SMILES string of the molecule is CCn1cncc1CSCCC(NC(=O)OCC1c2ccccc2-c2ccccc21)C(=O)O. The molecule has 0 saturated carbocycles. The Morgan fingerprint density at radius 2 is 1.82 bits per heavy atom. The van der Waals surface area contributed by atoms with Crippen molar-refractivity contribution in [3.63, 3.8) is 0 Å². The molecular formula is C25H27N3O4S. The highest BCUT2D eigenvalue weighted by Gasteiger charge is 2.29. The molecule has 1 atom stereocenters. The van der Waals surface area contributed by atoms with Crippen LogP contribution in [0.15, 0.2) is 61.1 Å². The summed E-state index contributed by atoms with van der Waals surface area (Å²) >= 11 is 1.62. The van der Waals surface area contributed by atoms with Crippen molar-refractivity contribution < 1.29 is 19.4 Å². The fourth-order valence-electron chi connectivity index (χ4n) is 4.17. The number of rotatable bonds is 10. The number of nitrogens with one attached hydrogen (secondary N) is 1. The van der Waals surface area contributed by atoms with Crippen molar-refractivity contribution in [1.82, 2.24) is 14.9 Å². The number of imidazole rings is 1. The van der Waals surface area contributed by atoms with E-state index in [0.29, 0.717) is 12.2 Å². The molecule has 2 N–H and O–H groups in total. The topological polar surface area (TPSA) is 93.5 Å². The minimum atomic E-state index is -1.07. The van der Waals surface area contributed by atoms with Crippen LogP contribution >= 0.6 is 11.8 Å².